The first-order valence-electron chi connectivity index (χ1n) is 8.93. The fourth-order valence-electron chi connectivity index (χ4n) is 4.36. The zero-order valence-electron chi connectivity index (χ0n) is 13.9. The maximum absolute atomic E-state index is 13.1. The Hall–Kier alpha value is -1.88. The molecule has 0 radical (unpaired) electrons. The molecular weight excluding hydrogens is 304 g/mol. The lowest BCUT2D eigenvalue weighted by Crippen LogP contribution is -2.51. The number of nitrogens with zero attached hydrogens (tertiary/aromatic N) is 2. The van der Waals surface area contributed by atoms with Crippen LogP contribution in [0.4, 0.5) is 5.69 Å². The third-order valence-corrected chi connectivity index (χ3v) is 5.75. The van der Waals surface area contributed by atoms with E-state index in [2.05, 4.69) is 0 Å². The summed E-state index contributed by atoms with van der Waals surface area (Å²) < 4.78 is 5.36. The van der Waals surface area contributed by atoms with Crippen LogP contribution < -0.4 is 4.90 Å². The minimum Gasteiger partial charge on any atom is -0.381 e. The number of rotatable bonds is 2. The van der Waals surface area contributed by atoms with Crippen LogP contribution in [0.25, 0.3) is 0 Å². The number of amides is 2. The number of anilines is 1. The van der Waals surface area contributed by atoms with Crippen molar-refractivity contribution < 1.29 is 14.3 Å². The van der Waals surface area contributed by atoms with E-state index in [9.17, 15) is 9.59 Å². The molecule has 2 amide bonds. The van der Waals surface area contributed by atoms with Crippen molar-refractivity contribution in [1.29, 1.82) is 0 Å². The Morgan fingerprint density at radius 2 is 2.00 bits per heavy atom. The number of carbonyl (C=O) groups is 2. The van der Waals surface area contributed by atoms with Crippen LogP contribution in [0.3, 0.4) is 0 Å². The molecule has 0 aromatic heterocycles. The molecule has 128 valence electrons. The van der Waals surface area contributed by atoms with E-state index < -0.39 is 0 Å². The molecule has 24 heavy (non-hydrogen) atoms. The summed E-state index contributed by atoms with van der Waals surface area (Å²) in [5.41, 5.74) is 0.579. The Bertz CT molecular complexity index is 627. The van der Waals surface area contributed by atoms with Gasteiger partial charge >= 0.3 is 0 Å². The number of benzene rings is 1. The van der Waals surface area contributed by atoms with Crippen LogP contribution in [-0.4, -0.2) is 49.6 Å². The molecule has 3 heterocycles. The van der Waals surface area contributed by atoms with Gasteiger partial charge in [-0.05, 0) is 37.8 Å². The quantitative estimate of drug-likeness (QED) is 0.835. The zero-order valence-corrected chi connectivity index (χ0v) is 13.9. The molecule has 3 aliphatic rings. The van der Waals surface area contributed by atoms with Crippen molar-refractivity contribution in [3.63, 3.8) is 0 Å². The van der Waals surface area contributed by atoms with Crippen LogP contribution >= 0.6 is 0 Å². The lowest BCUT2D eigenvalue weighted by molar-refractivity contribution is -0.141. The summed E-state index contributed by atoms with van der Waals surface area (Å²) in [5, 5.41) is 0. The van der Waals surface area contributed by atoms with Gasteiger partial charge in [0.1, 0.15) is 0 Å². The Morgan fingerprint density at radius 3 is 2.75 bits per heavy atom. The first kappa shape index (κ1) is 15.6. The minimum atomic E-state index is -0.386. The number of likely N-dealkylation sites (tertiary alicyclic amines) is 1. The average molecular weight is 328 g/mol. The summed E-state index contributed by atoms with van der Waals surface area (Å²) in [6.07, 6.45) is 3.45. The SMILES string of the molecule is O=C([C@H]1CCOC1)N1CCC[C@@]2(CCN(c3ccccc3)C2=O)C1. The van der Waals surface area contributed by atoms with Crippen molar-refractivity contribution in [2.75, 3.05) is 37.7 Å². The van der Waals surface area contributed by atoms with Gasteiger partial charge in [-0.15, -0.1) is 0 Å². The molecule has 0 bridgehead atoms. The van der Waals surface area contributed by atoms with Crippen LogP contribution in [0, 0.1) is 11.3 Å². The normalized spacial score (nSPS) is 30.3. The van der Waals surface area contributed by atoms with Crippen molar-refractivity contribution in [3.05, 3.63) is 30.3 Å². The van der Waals surface area contributed by atoms with Crippen LogP contribution in [0.5, 0.6) is 0 Å². The van der Waals surface area contributed by atoms with Gasteiger partial charge in [0.15, 0.2) is 0 Å². The Kier molecular flexibility index (Phi) is 4.04. The summed E-state index contributed by atoms with van der Waals surface area (Å²) in [5.74, 6) is 0.355. The van der Waals surface area contributed by atoms with Gasteiger partial charge in [0.25, 0.3) is 0 Å². The number of carbonyl (C=O) groups excluding carboxylic acids is 2. The van der Waals surface area contributed by atoms with Crippen molar-refractivity contribution >= 4 is 17.5 Å². The predicted octanol–water partition coefficient (Wildman–Crippen LogP) is 2.07. The second-order valence-electron chi connectivity index (χ2n) is 7.25. The smallest absolute Gasteiger partial charge is 0.235 e. The topological polar surface area (TPSA) is 49.9 Å². The van der Waals surface area contributed by atoms with Crippen molar-refractivity contribution in [1.82, 2.24) is 4.90 Å². The van der Waals surface area contributed by atoms with Crippen LogP contribution in [-0.2, 0) is 14.3 Å². The molecule has 0 N–H and O–H groups in total. The van der Waals surface area contributed by atoms with Crippen molar-refractivity contribution in [2.24, 2.45) is 11.3 Å². The molecular formula is C19H24N2O3. The molecule has 3 saturated heterocycles. The van der Waals surface area contributed by atoms with E-state index in [0.29, 0.717) is 19.8 Å². The Labute approximate surface area is 142 Å². The Balaban J connectivity index is 1.50. The van der Waals surface area contributed by atoms with E-state index >= 15 is 0 Å². The van der Waals surface area contributed by atoms with E-state index in [4.69, 9.17) is 4.74 Å². The van der Waals surface area contributed by atoms with Gasteiger partial charge in [0.2, 0.25) is 11.8 Å². The Morgan fingerprint density at radius 1 is 1.17 bits per heavy atom. The lowest BCUT2D eigenvalue weighted by Gasteiger charge is -2.39. The number of ether oxygens (including phenoxy) is 1. The molecule has 1 aromatic carbocycles. The van der Waals surface area contributed by atoms with Gasteiger partial charge in [0.05, 0.1) is 17.9 Å². The number of hydrogen-bond acceptors (Lipinski definition) is 3. The molecule has 0 aliphatic carbocycles. The highest BCUT2D eigenvalue weighted by atomic mass is 16.5. The highest BCUT2D eigenvalue weighted by Gasteiger charge is 2.50. The third kappa shape index (κ3) is 2.61. The number of piperidine rings is 1. The van der Waals surface area contributed by atoms with E-state index in [1.165, 1.54) is 0 Å². The van der Waals surface area contributed by atoms with Crippen LogP contribution in [0.15, 0.2) is 30.3 Å². The van der Waals surface area contributed by atoms with E-state index in [1.807, 2.05) is 40.1 Å². The van der Waals surface area contributed by atoms with Gasteiger partial charge < -0.3 is 14.5 Å². The van der Waals surface area contributed by atoms with E-state index in [1.54, 1.807) is 0 Å². The third-order valence-electron chi connectivity index (χ3n) is 5.75. The minimum absolute atomic E-state index is 0.0121. The molecule has 1 aromatic rings. The molecule has 5 heteroatoms. The monoisotopic (exact) mass is 328 g/mol. The molecule has 1 spiro atoms. The van der Waals surface area contributed by atoms with E-state index in [0.717, 1.165) is 44.5 Å². The average Bonchev–Trinajstić information content (AvgIpc) is 3.26. The van der Waals surface area contributed by atoms with Gasteiger partial charge in [-0.3, -0.25) is 9.59 Å². The van der Waals surface area contributed by atoms with Crippen molar-refractivity contribution in [3.8, 4) is 0 Å². The molecule has 2 atom stereocenters. The van der Waals surface area contributed by atoms with Gasteiger partial charge in [0, 0.05) is 31.9 Å². The second-order valence-corrected chi connectivity index (χ2v) is 7.25. The molecule has 3 fully saturated rings. The highest BCUT2D eigenvalue weighted by Crippen LogP contribution is 2.42. The molecule has 0 unspecified atom stereocenters. The van der Waals surface area contributed by atoms with Crippen LogP contribution in [0.1, 0.15) is 25.7 Å². The largest absolute Gasteiger partial charge is 0.381 e. The summed E-state index contributed by atoms with van der Waals surface area (Å²) in [4.78, 5) is 29.7. The summed E-state index contributed by atoms with van der Waals surface area (Å²) in [6, 6.07) is 9.86. The number of para-hydroxylation sites is 1. The standard InChI is InChI=1S/C19H24N2O3/c22-17(15-7-12-24-13-15)20-10-4-8-19(14-20)9-11-21(18(19)23)16-5-2-1-3-6-16/h1-3,5-6,15H,4,7-14H2/t15-,19+/m0/s1. The van der Waals surface area contributed by atoms with Crippen LogP contribution in [0.2, 0.25) is 0 Å². The summed E-state index contributed by atoms with van der Waals surface area (Å²) in [6.45, 7) is 3.31. The lowest BCUT2D eigenvalue weighted by atomic mass is 9.78. The van der Waals surface area contributed by atoms with Crippen molar-refractivity contribution in [2.45, 2.75) is 25.7 Å². The molecule has 0 saturated carbocycles. The maximum Gasteiger partial charge on any atom is 0.235 e. The fourth-order valence-corrected chi connectivity index (χ4v) is 4.36. The second kappa shape index (κ2) is 6.20. The summed E-state index contributed by atoms with van der Waals surface area (Å²) >= 11 is 0. The molecule has 4 rings (SSSR count). The van der Waals surface area contributed by atoms with Gasteiger partial charge in [-0.25, -0.2) is 0 Å². The van der Waals surface area contributed by atoms with Gasteiger partial charge in [-0.2, -0.15) is 0 Å². The number of hydrogen-bond donors (Lipinski definition) is 0. The fraction of sp³-hybridized carbons (Fsp3) is 0.579. The molecule has 3 aliphatic heterocycles. The maximum atomic E-state index is 13.1. The van der Waals surface area contributed by atoms with Gasteiger partial charge in [-0.1, -0.05) is 18.2 Å². The zero-order chi connectivity index (χ0) is 16.6. The molecule has 5 nitrogen and oxygen atoms in total. The first-order valence-corrected chi connectivity index (χ1v) is 8.93. The highest BCUT2D eigenvalue weighted by molar-refractivity contribution is 6.00. The first-order chi connectivity index (χ1) is 11.7. The summed E-state index contributed by atoms with van der Waals surface area (Å²) in [7, 11) is 0. The predicted molar refractivity (Wildman–Crippen MR) is 90.6 cm³/mol. The van der Waals surface area contributed by atoms with E-state index in [-0.39, 0.29) is 23.1 Å².